The van der Waals surface area contributed by atoms with E-state index >= 15 is 0 Å². The number of hydrogen-bond donors (Lipinski definition) is 1. The molecule has 4 heteroatoms. The summed E-state index contributed by atoms with van der Waals surface area (Å²) in [6.07, 6.45) is 0. The van der Waals surface area contributed by atoms with E-state index in [9.17, 15) is 8.42 Å². The molecule has 10 heavy (non-hydrogen) atoms. The van der Waals surface area contributed by atoms with Gasteiger partial charge < -0.3 is 5.32 Å². The van der Waals surface area contributed by atoms with Crippen molar-refractivity contribution in [3.05, 3.63) is 0 Å². The molecular weight excluding hydrogens is 150 g/mol. The lowest BCUT2D eigenvalue weighted by atomic mass is 10.6. The summed E-state index contributed by atoms with van der Waals surface area (Å²) in [6.45, 7) is 5.96. The molecule has 0 amide bonds. The highest BCUT2D eigenvalue weighted by Crippen LogP contribution is 1.97. The Kier molecular flexibility index (Phi) is 3.89. The van der Waals surface area contributed by atoms with Gasteiger partial charge >= 0.3 is 0 Å². The highest BCUT2D eigenvalue weighted by atomic mass is 32.2. The molecule has 0 bridgehead atoms. The molecule has 0 aliphatic rings. The van der Waals surface area contributed by atoms with Crippen LogP contribution in [0.4, 0.5) is 0 Å². The van der Waals surface area contributed by atoms with Crippen molar-refractivity contribution in [1.82, 2.24) is 5.32 Å². The van der Waals surface area contributed by atoms with Crippen LogP contribution in [0, 0.1) is 0 Å². The van der Waals surface area contributed by atoms with Crippen molar-refractivity contribution in [1.29, 1.82) is 0 Å². The first-order chi connectivity index (χ1) is 4.50. The van der Waals surface area contributed by atoms with Crippen LogP contribution in [0.3, 0.4) is 0 Å². The minimum Gasteiger partial charge on any atom is -0.304 e. The fourth-order valence-electron chi connectivity index (χ4n) is 0.411. The minimum absolute atomic E-state index is 0.0984. The van der Waals surface area contributed by atoms with Gasteiger partial charge in [0.05, 0.1) is 11.1 Å². The number of rotatable bonds is 4. The molecule has 0 fully saturated rings. The third kappa shape index (κ3) is 3.17. The van der Waals surface area contributed by atoms with Gasteiger partial charge in [0.25, 0.3) is 0 Å². The average molecular weight is 165 g/mol. The molecule has 0 aliphatic carbocycles. The summed E-state index contributed by atoms with van der Waals surface area (Å²) in [6, 6.07) is 0. The molecule has 3 nitrogen and oxygen atoms in total. The first-order valence-electron chi connectivity index (χ1n) is 3.43. The van der Waals surface area contributed by atoms with E-state index < -0.39 is 9.84 Å². The highest BCUT2D eigenvalue weighted by Gasteiger charge is 2.13. The van der Waals surface area contributed by atoms with Crippen LogP contribution in [0.1, 0.15) is 20.8 Å². The van der Waals surface area contributed by atoms with Crippen molar-refractivity contribution >= 4 is 9.84 Å². The maximum Gasteiger partial charge on any atom is 0.165 e. The Bertz CT molecular complexity index is 172. The summed E-state index contributed by atoms with van der Waals surface area (Å²) >= 11 is 0. The van der Waals surface area contributed by atoms with Gasteiger partial charge in [-0.1, -0.05) is 6.92 Å². The summed E-state index contributed by atoms with van der Waals surface area (Å²) in [7, 11) is -2.87. The van der Waals surface area contributed by atoms with Gasteiger partial charge in [0.15, 0.2) is 9.84 Å². The second-order valence-corrected chi connectivity index (χ2v) is 5.02. The van der Waals surface area contributed by atoms with Gasteiger partial charge in [0, 0.05) is 0 Å². The van der Waals surface area contributed by atoms with Gasteiger partial charge in [-0.05, 0) is 20.4 Å². The van der Waals surface area contributed by atoms with Crippen LogP contribution < -0.4 is 5.32 Å². The molecule has 0 aromatic carbocycles. The molecule has 0 aliphatic heterocycles. The summed E-state index contributed by atoms with van der Waals surface area (Å²) in [5.41, 5.74) is 0. The zero-order valence-corrected chi connectivity index (χ0v) is 7.53. The Morgan fingerprint density at radius 3 is 2.20 bits per heavy atom. The van der Waals surface area contributed by atoms with Crippen molar-refractivity contribution in [2.75, 3.05) is 12.4 Å². The quantitative estimate of drug-likeness (QED) is 0.655. The molecule has 0 unspecified atom stereocenters. The molecule has 0 radical (unpaired) electrons. The molecule has 0 saturated carbocycles. The van der Waals surface area contributed by atoms with E-state index in [0.717, 1.165) is 0 Å². The molecule has 0 rings (SSSR count). The molecule has 0 spiro atoms. The van der Waals surface area contributed by atoms with Crippen molar-refractivity contribution in [3.8, 4) is 0 Å². The van der Waals surface area contributed by atoms with Gasteiger partial charge in [-0.3, -0.25) is 0 Å². The van der Waals surface area contributed by atoms with Gasteiger partial charge in [-0.2, -0.15) is 0 Å². The Hall–Kier alpha value is -0.0900. The van der Waals surface area contributed by atoms with E-state index in [1.165, 1.54) is 0 Å². The number of nitrogens with one attached hydrogen (secondary N) is 1. The monoisotopic (exact) mass is 165 g/mol. The second-order valence-electron chi connectivity index (χ2n) is 2.46. The Morgan fingerprint density at radius 1 is 1.40 bits per heavy atom. The summed E-state index contributed by atoms with van der Waals surface area (Å²) in [5.74, 6) is 0.0984. The van der Waals surface area contributed by atoms with Gasteiger partial charge in [-0.15, -0.1) is 0 Å². The predicted octanol–water partition coefficient (Wildman–Crippen LogP) is 0.377. The topological polar surface area (TPSA) is 46.2 Å². The van der Waals surface area contributed by atoms with Crippen LogP contribution in [0.5, 0.6) is 0 Å². The summed E-state index contributed by atoms with van der Waals surface area (Å²) in [5, 5.41) is 2.51. The molecule has 62 valence electrons. The summed E-state index contributed by atoms with van der Waals surface area (Å²) < 4.78 is 22.1. The molecule has 0 heterocycles. The maximum atomic E-state index is 11.0. The highest BCUT2D eigenvalue weighted by molar-refractivity contribution is 7.91. The van der Waals surface area contributed by atoms with E-state index in [1.807, 2.05) is 6.92 Å². The van der Waals surface area contributed by atoms with E-state index in [4.69, 9.17) is 0 Å². The fourth-order valence-corrected chi connectivity index (χ4v) is 1.23. The normalized spacial score (nSPS) is 12.4. The molecular formula is C6H15NO2S. The van der Waals surface area contributed by atoms with Gasteiger partial charge in [0.2, 0.25) is 0 Å². The van der Waals surface area contributed by atoms with Crippen LogP contribution in [0.2, 0.25) is 0 Å². The van der Waals surface area contributed by atoms with Crippen LogP contribution >= 0.6 is 0 Å². The zero-order chi connectivity index (χ0) is 8.20. The first kappa shape index (κ1) is 9.91. The minimum atomic E-state index is -2.87. The Balaban J connectivity index is 3.90. The standard InChI is InChI=1S/C6H15NO2S/c1-4-7-5-10(8,9)6(2)3/h6-7H,4-5H2,1-3H3. The summed E-state index contributed by atoms with van der Waals surface area (Å²) in [4.78, 5) is 0. The van der Waals surface area contributed by atoms with Crippen molar-refractivity contribution in [2.45, 2.75) is 26.0 Å². The average Bonchev–Trinajstić information content (AvgIpc) is 1.84. The Labute approximate surface area is 62.7 Å². The lowest BCUT2D eigenvalue weighted by Crippen LogP contribution is -2.28. The van der Waals surface area contributed by atoms with Crippen LogP contribution in [-0.2, 0) is 9.84 Å². The van der Waals surface area contributed by atoms with E-state index in [1.54, 1.807) is 13.8 Å². The molecule has 1 N–H and O–H groups in total. The third-order valence-electron chi connectivity index (χ3n) is 1.27. The van der Waals surface area contributed by atoms with E-state index in [0.29, 0.717) is 6.54 Å². The Morgan fingerprint density at radius 2 is 1.90 bits per heavy atom. The molecule has 0 atom stereocenters. The maximum absolute atomic E-state index is 11.0. The van der Waals surface area contributed by atoms with Crippen LogP contribution in [0.15, 0.2) is 0 Å². The van der Waals surface area contributed by atoms with Crippen LogP contribution in [0.25, 0.3) is 0 Å². The van der Waals surface area contributed by atoms with Gasteiger partial charge in [0.1, 0.15) is 0 Å². The lowest BCUT2D eigenvalue weighted by Gasteiger charge is -2.06. The largest absolute Gasteiger partial charge is 0.304 e. The van der Waals surface area contributed by atoms with E-state index in [-0.39, 0.29) is 11.1 Å². The van der Waals surface area contributed by atoms with Crippen molar-refractivity contribution in [3.63, 3.8) is 0 Å². The third-order valence-corrected chi connectivity index (χ3v) is 3.31. The molecule has 0 aromatic heterocycles. The SMILES string of the molecule is CCNCS(=O)(=O)C(C)C. The molecule has 0 aromatic rings. The molecule has 0 saturated heterocycles. The van der Waals surface area contributed by atoms with Crippen molar-refractivity contribution in [2.24, 2.45) is 0 Å². The predicted molar refractivity (Wildman–Crippen MR) is 42.6 cm³/mol. The number of hydrogen-bond acceptors (Lipinski definition) is 3. The zero-order valence-electron chi connectivity index (χ0n) is 6.72. The van der Waals surface area contributed by atoms with Crippen molar-refractivity contribution < 1.29 is 8.42 Å². The number of sulfone groups is 1. The van der Waals surface area contributed by atoms with E-state index in [2.05, 4.69) is 5.32 Å². The first-order valence-corrected chi connectivity index (χ1v) is 5.14. The smallest absolute Gasteiger partial charge is 0.165 e. The second kappa shape index (κ2) is 3.93. The lowest BCUT2D eigenvalue weighted by molar-refractivity contribution is 0.580. The van der Waals surface area contributed by atoms with Crippen LogP contribution in [-0.4, -0.2) is 26.1 Å². The fraction of sp³-hybridized carbons (Fsp3) is 1.00. The van der Waals surface area contributed by atoms with Gasteiger partial charge in [-0.25, -0.2) is 8.42 Å².